The lowest BCUT2D eigenvalue weighted by Gasteiger charge is -2.15. The quantitative estimate of drug-likeness (QED) is 0.541. The summed E-state index contributed by atoms with van der Waals surface area (Å²) in [5.74, 6) is 1.06. The maximum atomic E-state index is 12.3. The number of aliphatic imine (C=N–C) groups is 1. The van der Waals surface area contributed by atoms with E-state index in [2.05, 4.69) is 4.99 Å². The smallest absolute Gasteiger partial charge is 0.363 e. The first-order chi connectivity index (χ1) is 14.6. The molecule has 0 atom stereocenters. The number of amides is 1. The van der Waals surface area contributed by atoms with Gasteiger partial charge in [-0.15, -0.1) is 0 Å². The van der Waals surface area contributed by atoms with Crippen LogP contribution < -0.4 is 14.4 Å². The molecule has 2 aliphatic heterocycles. The second-order valence-corrected chi connectivity index (χ2v) is 6.88. The minimum absolute atomic E-state index is 0.128. The fraction of sp³-hybridized carbons (Fsp3) is 0.261. The Morgan fingerprint density at radius 2 is 1.93 bits per heavy atom. The van der Waals surface area contributed by atoms with E-state index in [-0.39, 0.29) is 17.5 Å². The normalized spacial score (nSPS) is 17.3. The van der Waals surface area contributed by atoms with Gasteiger partial charge in [0.1, 0.15) is 0 Å². The van der Waals surface area contributed by atoms with Gasteiger partial charge >= 0.3 is 5.97 Å². The van der Waals surface area contributed by atoms with Crippen molar-refractivity contribution in [3.8, 4) is 11.5 Å². The Balaban J connectivity index is 1.56. The molecular formula is C23H22N2O5. The van der Waals surface area contributed by atoms with E-state index >= 15 is 0 Å². The van der Waals surface area contributed by atoms with Gasteiger partial charge in [0, 0.05) is 24.2 Å². The van der Waals surface area contributed by atoms with Gasteiger partial charge in [-0.05, 0) is 61.4 Å². The van der Waals surface area contributed by atoms with Crippen LogP contribution in [0.1, 0.15) is 30.9 Å². The molecule has 2 aliphatic rings. The van der Waals surface area contributed by atoms with E-state index < -0.39 is 5.97 Å². The van der Waals surface area contributed by atoms with Gasteiger partial charge < -0.3 is 19.1 Å². The van der Waals surface area contributed by atoms with Gasteiger partial charge in [-0.3, -0.25) is 4.79 Å². The molecule has 0 saturated carbocycles. The lowest BCUT2D eigenvalue weighted by atomic mass is 10.1. The molecule has 1 saturated heterocycles. The summed E-state index contributed by atoms with van der Waals surface area (Å²) in [7, 11) is 1.56. The maximum Gasteiger partial charge on any atom is 0.363 e. The number of carbonyl (C=O) groups is 2. The van der Waals surface area contributed by atoms with Crippen LogP contribution in [0.2, 0.25) is 0 Å². The Morgan fingerprint density at radius 3 is 2.60 bits per heavy atom. The first-order valence-corrected chi connectivity index (χ1v) is 9.83. The lowest BCUT2D eigenvalue weighted by molar-refractivity contribution is -0.130. The highest BCUT2D eigenvalue weighted by atomic mass is 16.6. The van der Waals surface area contributed by atoms with Crippen molar-refractivity contribution in [3.05, 3.63) is 59.3 Å². The number of esters is 1. The fourth-order valence-corrected chi connectivity index (χ4v) is 3.44. The van der Waals surface area contributed by atoms with Crippen molar-refractivity contribution in [2.45, 2.75) is 19.8 Å². The molecule has 1 amide bonds. The summed E-state index contributed by atoms with van der Waals surface area (Å²) < 4.78 is 16.2. The van der Waals surface area contributed by atoms with Crippen molar-refractivity contribution in [2.24, 2.45) is 4.99 Å². The second-order valence-electron chi connectivity index (χ2n) is 6.88. The molecule has 7 nitrogen and oxygen atoms in total. The van der Waals surface area contributed by atoms with Crippen LogP contribution in [0.15, 0.2) is 53.2 Å². The summed E-state index contributed by atoms with van der Waals surface area (Å²) in [4.78, 5) is 30.3. The van der Waals surface area contributed by atoms with Crippen molar-refractivity contribution in [3.63, 3.8) is 0 Å². The average molecular weight is 406 g/mol. The molecule has 7 heteroatoms. The van der Waals surface area contributed by atoms with E-state index in [1.807, 2.05) is 25.1 Å². The molecule has 0 bridgehead atoms. The summed E-state index contributed by atoms with van der Waals surface area (Å²) in [6, 6.07) is 12.7. The number of hydrogen-bond donors (Lipinski definition) is 0. The number of anilines is 1. The van der Waals surface area contributed by atoms with Crippen molar-refractivity contribution >= 4 is 29.5 Å². The molecule has 30 heavy (non-hydrogen) atoms. The molecule has 0 aromatic heterocycles. The van der Waals surface area contributed by atoms with Crippen LogP contribution in [0, 0.1) is 0 Å². The second kappa shape index (κ2) is 8.41. The number of carbonyl (C=O) groups excluding carboxylic acids is 2. The Bertz CT molecular complexity index is 1040. The van der Waals surface area contributed by atoms with Gasteiger partial charge in [0.15, 0.2) is 17.2 Å². The van der Waals surface area contributed by atoms with Crippen LogP contribution in [-0.2, 0) is 14.3 Å². The van der Waals surface area contributed by atoms with E-state index in [1.165, 1.54) is 0 Å². The number of ether oxygens (including phenoxy) is 3. The largest absolute Gasteiger partial charge is 0.493 e. The van der Waals surface area contributed by atoms with Crippen LogP contribution in [0.5, 0.6) is 11.5 Å². The Hall–Kier alpha value is -3.61. The molecule has 0 aliphatic carbocycles. The molecular weight excluding hydrogens is 384 g/mol. The lowest BCUT2D eigenvalue weighted by Crippen LogP contribution is -2.23. The molecule has 154 valence electrons. The van der Waals surface area contributed by atoms with Gasteiger partial charge in [-0.25, -0.2) is 9.79 Å². The van der Waals surface area contributed by atoms with Gasteiger partial charge in [0.05, 0.1) is 13.7 Å². The van der Waals surface area contributed by atoms with Gasteiger partial charge in [0.25, 0.3) is 0 Å². The van der Waals surface area contributed by atoms with Gasteiger partial charge in [-0.2, -0.15) is 0 Å². The third-order valence-electron chi connectivity index (χ3n) is 4.91. The molecule has 1 fully saturated rings. The van der Waals surface area contributed by atoms with E-state index in [9.17, 15) is 9.59 Å². The summed E-state index contributed by atoms with van der Waals surface area (Å²) in [6.07, 6.45) is 3.09. The van der Waals surface area contributed by atoms with E-state index in [4.69, 9.17) is 14.2 Å². The Morgan fingerprint density at radius 1 is 1.13 bits per heavy atom. The highest BCUT2D eigenvalue weighted by molar-refractivity contribution is 6.13. The fourth-order valence-electron chi connectivity index (χ4n) is 3.44. The van der Waals surface area contributed by atoms with Crippen LogP contribution >= 0.6 is 0 Å². The van der Waals surface area contributed by atoms with E-state index in [0.29, 0.717) is 30.1 Å². The number of rotatable bonds is 6. The number of methoxy groups -OCH3 is 1. The maximum absolute atomic E-state index is 12.3. The molecule has 2 aromatic carbocycles. The van der Waals surface area contributed by atoms with Crippen LogP contribution in [0.25, 0.3) is 6.08 Å². The molecule has 0 N–H and O–H groups in total. The number of nitrogens with zero attached hydrogens (tertiary/aromatic N) is 2. The van der Waals surface area contributed by atoms with Crippen molar-refractivity contribution < 1.29 is 23.8 Å². The number of hydrogen-bond acceptors (Lipinski definition) is 6. The van der Waals surface area contributed by atoms with E-state index in [0.717, 1.165) is 24.2 Å². The Labute approximate surface area is 174 Å². The summed E-state index contributed by atoms with van der Waals surface area (Å²) in [5.41, 5.74) is 2.46. The highest BCUT2D eigenvalue weighted by Gasteiger charge is 2.25. The van der Waals surface area contributed by atoms with Crippen LogP contribution in [0.3, 0.4) is 0 Å². The van der Waals surface area contributed by atoms with E-state index in [1.54, 1.807) is 42.4 Å². The summed E-state index contributed by atoms with van der Waals surface area (Å²) in [5, 5.41) is 0. The number of cyclic esters (lactones) is 1. The summed E-state index contributed by atoms with van der Waals surface area (Å²) >= 11 is 0. The molecule has 4 rings (SSSR count). The zero-order chi connectivity index (χ0) is 21.1. The van der Waals surface area contributed by atoms with Crippen molar-refractivity contribution in [1.82, 2.24) is 0 Å². The summed E-state index contributed by atoms with van der Waals surface area (Å²) in [6.45, 7) is 3.16. The molecule has 0 unspecified atom stereocenters. The first kappa shape index (κ1) is 19.7. The topological polar surface area (TPSA) is 77.4 Å². The zero-order valence-corrected chi connectivity index (χ0v) is 16.9. The first-order valence-electron chi connectivity index (χ1n) is 9.83. The monoisotopic (exact) mass is 406 g/mol. The third-order valence-corrected chi connectivity index (χ3v) is 4.91. The molecule has 0 radical (unpaired) electrons. The molecule has 2 aromatic rings. The van der Waals surface area contributed by atoms with Crippen molar-refractivity contribution in [1.29, 1.82) is 0 Å². The number of benzene rings is 2. The molecule has 0 spiro atoms. The van der Waals surface area contributed by atoms with Crippen molar-refractivity contribution in [2.75, 3.05) is 25.2 Å². The molecule has 2 heterocycles. The highest BCUT2D eigenvalue weighted by Crippen LogP contribution is 2.30. The zero-order valence-electron chi connectivity index (χ0n) is 16.9. The minimum atomic E-state index is -0.517. The van der Waals surface area contributed by atoms with Crippen LogP contribution in [0.4, 0.5) is 5.69 Å². The van der Waals surface area contributed by atoms with Gasteiger partial charge in [0.2, 0.25) is 11.8 Å². The predicted octanol–water partition coefficient (Wildman–Crippen LogP) is 3.57. The standard InChI is InChI=1S/C23H22N2O5/c1-3-29-19-11-6-15(14-20(19)28-2)13-18-23(27)30-22(24-18)16-7-9-17(10-8-16)25-12-4-5-21(25)26/h6-11,13-14H,3-5,12H2,1-2H3/b18-13-. The predicted molar refractivity (Wildman–Crippen MR) is 113 cm³/mol. The average Bonchev–Trinajstić information content (AvgIpc) is 3.35. The Kier molecular flexibility index (Phi) is 5.52. The SMILES string of the molecule is CCOc1ccc(/C=C2\N=C(c3ccc(N4CCCC4=O)cc3)OC2=O)cc1OC. The minimum Gasteiger partial charge on any atom is -0.493 e. The van der Waals surface area contributed by atoms with Crippen LogP contribution in [-0.4, -0.2) is 38.0 Å². The van der Waals surface area contributed by atoms with Gasteiger partial charge in [-0.1, -0.05) is 6.07 Å². The third kappa shape index (κ3) is 3.91.